The monoisotopic (exact) mass is 436 g/mol. The van der Waals surface area contributed by atoms with Crippen molar-refractivity contribution in [1.29, 1.82) is 0 Å². The minimum Gasteiger partial charge on any atom is -0.495 e. The predicted molar refractivity (Wildman–Crippen MR) is 128 cm³/mol. The molecule has 0 aromatic heterocycles. The highest BCUT2D eigenvalue weighted by Gasteiger charge is 2.47. The number of Topliss-reactive ketones (excluding diaryl/α,β-unsaturated/α-hetero) is 1. The summed E-state index contributed by atoms with van der Waals surface area (Å²) in [5, 5.41) is 0.655. The smallest absolute Gasteiger partial charge is 0.140 e. The third-order valence-electron chi connectivity index (χ3n) is 7.62. The molecule has 0 amide bonds. The van der Waals surface area contributed by atoms with Crippen LogP contribution in [-0.4, -0.2) is 12.9 Å². The minimum atomic E-state index is -0.0349. The Morgan fingerprint density at radius 2 is 1.81 bits per heavy atom. The fraction of sp³-hybridized carbons (Fsp3) is 0.464. The summed E-state index contributed by atoms with van der Waals surface area (Å²) in [7, 11) is 1.64. The van der Waals surface area contributed by atoms with Gasteiger partial charge in [0.25, 0.3) is 0 Å². The average molecular weight is 437 g/mol. The van der Waals surface area contributed by atoms with Crippen LogP contribution >= 0.6 is 11.6 Å². The van der Waals surface area contributed by atoms with E-state index in [2.05, 4.69) is 24.8 Å². The highest BCUT2D eigenvalue weighted by Crippen LogP contribution is 2.53. The van der Waals surface area contributed by atoms with Gasteiger partial charge in [-0.2, -0.15) is 0 Å². The molecule has 2 aliphatic rings. The lowest BCUT2D eigenvalue weighted by Crippen LogP contribution is -2.41. The van der Waals surface area contributed by atoms with Gasteiger partial charge >= 0.3 is 0 Å². The molecule has 31 heavy (non-hydrogen) atoms. The van der Waals surface area contributed by atoms with Crippen LogP contribution in [0.5, 0.6) is 5.75 Å². The Kier molecular flexibility index (Phi) is 6.86. The number of methoxy groups -OCH3 is 1. The van der Waals surface area contributed by atoms with Crippen molar-refractivity contribution in [2.24, 2.45) is 17.3 Å². The molecule has 0 spiro atoms. The third-order valence-corrected chi connectivity index (χ3v) is 7.91. The van der Waals surface area contributed by atoms with Gasteiger partial charge in [0.1, 0.15) is 11.5 Å². The van der Waals surface area contributed by atoms with E-state index in [-0.39, 0.29) is 11.3 Å². The number of ketones is 1. The van der Waals surface area contributed by atoms with Crippen LogP contribution in [0.25, 0.3) is 0 Å². The van der Waals surface area contributed by atoms with E-state index in [1.165, 1.54) is 36.8 Å². The average Bonchev–Trinajstić information content (AvgIpc) is 3.31. The number of ether oxygens (including phenoxy) is 1. The van der Waals surface area contributed by atoms with Crippen molar-refractivity contribution >= 4 is 17.4 Å². The van der Waals surface area contributed by atoms with Crippen LogP contribution in [0.1, 0.15) is 56.1 Å². The standard InChI is InChI=1S/C28H33ClO2/c1-20-18-28(23-10-6-7-11-23,15-14-22-12-13-27(31-2)25(29)17-22)19-26(30)24(20)16-21-8-4-3-5-9-21/h3-5,8-9,12-13,17,23-24H,1,6-7,10-11,14-16,18-19H2,2H3. The van der Waals surface area contributed by atoms with Gasteiger partial charge in [-0.1, -0.05) is 73.0 Å². The maximum absolute atomic E-state index is 13.4. The van der Waals surface area contributed by atoms with Crippen molar-refractivity contribution in [2.45, 2.75) is 57.8 Å². The second-order valence-electron chi connectivity index (χ2n) is 9.53. The van der Waals surface area contributed by atoms with Gasteiger partial charge in [-0.05, 0) is 73.1 Å². The Morgan fingerprint density at radius 1 is 1.06 bits per heavy atom. The van der Waals surface area contributed by atoms with E-state index in [4.69, 9.17) is 16.3 Å². The maximum Gasteiger partial charge on any atom is 0.140 e. The Bertz CT molecular complexity index is 909. The molecule has 0 bridgehead atoms. The van der Waals surface area contributed by atoms with E-state index in [0.29, 0.717) is 28.9 Å². The van der Waals surface area contributed by atoms with Crippen molar-refractivity contribution < 1.29 is 9.53 Å². The predicted octanol–water partition coefficient (Wildman–Crippen LogP) is 7.24. The highest BCUT2D eigenvalue weighted by molar-refractivity contribution is 6.32. The lowest BCUT2D eigenvalue weighted by atomic mass is 9.58. The Morgan fingerprint density at radius 3 is 2.45 bits per heavy atom. The van der Waals surface area contributed by atoms with Crippen molar-refractivity contribution in [3.63, 3.8) is 0 Å². The number of carbonyl (C=O) groups is 1. The summed E-state index contributed by atoms with van der Waals surface area (Å²) in [6, 6.07) is 16.4. The molecule has 0 aliphatic heterocycles. The van der Waals surface area contributed by atoms with Crippen LogP contribution < -0.4 is 4.74 Å². The van der Waals surface area contributed by atoms with Gasteiger partial charge in [0.15, 0.2) is 0 Å². The van der Waals surface area contributed by atoms with Gasteiger partial charge in [-0.25, -0.2) is 0 Å². The Hall–Kier alpha value is -2.06. The molecule has 2 unspecified atom stereocenters. The van der Waals surface area contributed by atoms with E-state index in [0.717, 1.165) is 31.3 Å². The van der Waals surface area contributed by atoms with Gasteiger partial charge in [0.2, 0.25) is 0 Å². The van der Waals surface area contributed by atoms with Crippen LogP contribution in [0.3, 0.4) is 0 Å². The molecule has 2 nitrogen and oxygen atoms in total. The molecule has 164 valence electrons. The minimum absolute atomic E-state index is 0.0349. The first-order chi connectivity index (χ1) is 15.0. The van der Waals surface area contributed by atoms with Crippen molar-refractivity contribution in [1.82, 2.24) is 0 Å². The molecular formula is C28H33ClO2. The number of hydrogen-bond acceptors (Lipinski definition) is 2. The zero-order valence-corrected chi connectivity index (χ0v) is 19.3. The van der Waals surface area contributed by atoms with E-state index >= 15 is 0 Å². The fourth-order valence-electron chi connectivity index (χ4n) is 5.91. The summed E-state index contributed by atoms with van der Waals surface area (Å²) in [5.41, 5.74) is 3.63. The molecule has 2 aliphatic carbocycles. The molecule has 2 saturated carbocycles. The number of aryl methyl sites for hydroxylation is 1. The fourth-order valence-corrected chi connectivity index (χ4v) is 6.19. The van der Waals surface area contributed by atoms with Gasteiger partial charge < -0.3 is 4.74 Å². The molecule has 3 heteroatoms. The zero-order chi connectivity index (χ0) is 21.8. The molecule has 2 aromatic rings. The molecule has 0 N–H and O–H groups in total. The zero-order valence-electron chi connectivity index (χ0n) is 18.5. The first-order valence-electron chi connectivity index (χ1n) is 11.6. The van der Waals surface area contributed by atoms with Crippen molar-refractivity contribution in [3.8, 4) is 5.75 Å². The van der Waals surface area contributed by atoms with Crippen molar-refractivity contribution in [3.05, 3.63) is 76.8 Å². The van der Waals surface area contributed by atoms with Crippen LogP contribution in [0.4, 0.5) is 0 Å². The number of allylic oxidation sites excluding steroid dienone is 1. The Labute approximate surface area is 191 Å². The lowest BCUT2D eigenvalue weighted by molar-refractivity contribution is -0.127. The summed E-state index contributed by atoms with van der Waals surface area (Å²) < 4.78 is 5.30. The largest absolute Gasteiger partial charge is 0.495 e. The van der Waals surface area contributed by atoms with Gasteiger partial charge in [-0.3, -0.25) is 4.79 Å². The van der Waals surface area contributed by atoms with Gasteiger partial charge in [0, 0.05) is 12.3 Å². The first kappa shape index (κ1) is 22.1. The van der Waals surface area contributed by atoms with Crippen molar-refractivity contribution in [2.75, 3.05) is 7.11 Å². The van der Waals surface area contributed by atoms with Crippen LogP contribution in [-0.2, 0) is 17.6 Å². The molecule has 0 heterocycles. The summed E-state index contributed by atoms with van der Waals surface area (Å²) in [5.74, 6) is 1.69. The van der Waals surface area contributed by atoms with Crippen LogP contribution in [0.15, 0.2) is 60.7 Å². The maximum atomic E-state index is 13.4. The molecular weight excluding hydrogens is 404 g/mol. The SMILES string of the molecule is C=C1CC(CCc2ccc(OC)c(Cl)c2)(C2CCCC2)CC(=O)C1Cc1ccccc1. The molecule has 2 atom stereocenters. The summed E-state index contributed by atoms with van der Waals surface area (Å²) in [4.78, 5) is 13.4. The second kappa shape index (κ2) is 9.61. The second-order valence-corrected chi connectivity index (χ2v) is 9.94. The van der Waals surface area contributed by atoms with E-state index < -0.39 is 0 Å². The number of halogens is 1. The molecule has 2 aromatic carbocycles. The van der Waals surface area contributed by atoms with E-state index in [1.807, 2.05) is 30.3 Å². The Balaban J connectivity index is 1.52. The number of hydrogen-bond donors (Lipinski definition) is 0. The normalized spacial score (nSPS) is 24.5. The molecule has 2 fully saturated rings. The van der Waals surface area contributed by atoms with E-state index in [9.17, 15) is 4.79 Å². The first-order valence-corrected chi connectivity index (χ1v) is 12.0. The van der Waals surface area contributed by atoms with E-state index in [1.54, 1.807) is 7.11 Å². The number of benzene rings is 2. The summed E-state index contributed by atoms with van der Waals surface area (Å²) in [6.07, 6.45) is 9.47. The summed E-state index contributed by atoms with van der Waals surface area (Å²) >= 11 is 6.36. The third kappa shape index (κ3) is 4.90. The molecule has 0 saturated heterocycles. The topological polar surface area (TPSA) is 26.3 Å². The van der Waals surface area contributed by atoms with Gasteiger partial charge in [-0.15, -0.1) is 0 Å². The highest BCUT2D eigenvalue weighted by atomic mass is 35.5. The number of carbonyl (C=O) groups excluding carboxylic acids is 1. The number of rotatable bonds is 7. The van der Waals surface area contributed by atoms with Crippen LogP contribution in [0.2, 0.25) is 5.02 Å². The van der Waals surface area contributed by atoms with Gasteiger partial charge in [0.05, 0.1) is 12.1 Å². The quantitative estimate of drug-likeness (QED) is 0.427. The van der Waals surface area contributed by atoms with Crippen LogP contribution in [0, 0.1) is 17.3 Å². The molecule has 0 radical (unpaired) electrons. The molecule has 4 rings (SSSR count). The summed E-state index contributed by atoms with van der Waals surface area (Å²) in [6.45, 7) is 4.44. The lowest BCUT2D eigenvalue weighted by Gasteiger charge is -2.45.